The summed E-state index contributed by atoms with van der Waals surface area (Å²) in [6.45, 7) is 3.82. The Labute approximate surface area is 133 Å². The molecule has 2 aromatic carbocycles. The van der Waals surface area contributed by atoms with Crippen LogP contribution in [0, 0.1) is 24.0 Å². The molecule has 0 aromatic heterocycles. The van der Waals surface area contributed by atoms with E-state index < -0.39 is 4.92 Å². The molecule has 1 aliphatic rings. The summed E-state index contributed by atoms with van der Waals surface area (Å²) < 4.78 is 0. The fourth-order valence-electron chi connectivity index (χ4n) is 2.74. The Kier molecular flexibility index (Phi) is 3.75. The summed E-state index contributed by atoms with van der Waals surface area (Å²) in [6, 6.07) is 10.1. The smallest absolute Gasteiger partial charge is 0.269 e. The lowest BCUT2D eigenvalue weighted by atomic mass is 10.0. The number of nitro benzene ring substituents is 1. The molecule has 0 bridgehead atoms. The minimum atomic E-state index is -0.410. The van der Waals surface area contributed by atoms with Crippen LogP contribution in [0.2, 0.25) is 0 Å². The highest BCUT2D eigenvalue weighted by Crippen LogP contribution is 2.32. The Balaban J connectivity index is 1.95. The molecular weight excluding hydrogens is 294 g/mol. The molecule has 23 heavy (non-hydrogen) atoms. The summed E-state index contributed by atoms with van der Waals surface area (Å²) in [4.78, 5) is 10.5. The van der Waals surface area contributed by atoms with Crippen LogP contribution in [0.25, 0.3) is 5.70 Å². The molecule has 3 rings (SSSR count). The Morgan fingerprint density at radius 2 is 2.00 bits per heavy atom. The number of nitro groups is 1. The number of non-ortho nitro benzene ring substituents is 1. The summed E-state index contributed by atoms with van der Waals surface area (Å²) in [5, 5.41) is 21.2. The van der Waals surface area contributed by atoms with Gasteiger partial charge in [0, 0.05) is 17.7 Å². The molecule has 3 N–H and O–H groups in total. The van der Waals surface area contributed by atoms with E-state index in [0.717, 1.165) is 22.4 Å². The second-order valence-corrected chi connectivity index (χ2v) is 5.66. The van der Waals surface area contributed by atoms with Crippen molar-refractivity contribution in [3.63, 3.8) is 0 Å². The number of hydrazine groups is 1. The zero-order chi connectivity index (χ0) is 16.6. The first-order valence-electron chi connectivity index (χ1n) is 7.24. The van der Waals surface area contributed by atoms with Gasteiger partial charge in [-0.25, -0.2) is 5.43 Å². The monoisotopic (exact) mass is 311 g/mol. The van der Waals surface area contributed by atoms with Crippen molar-refractivity contribution in [1.82, 2.24) is 10.9 Å². The number of aryl methyl sites for hydroxylation is 2. The molecule has 1 atom stereocenters. The van der Waals surface area contributed by atoms with Gasteiger partial charge in [-0.1, -0.05) is 18.2 Å². The molecule has 6 heteroatoms. The maximum absolute atomic E-state index is 10.9. The van der Waals surface area contributed by atoms with Crippen molar-refractivity contribution in [2.24, 2.45) is 0 Å². The van der Waals surface area contributed by atoms with Crippen molar-refractivity contribution in [1.29, 1.82) is 0 Å². The first-order chi connectivity index (χ1) is 11.0. The lowest BCUT2D eigenvalue weighted by Crippen LogP contribution is -2.26. The number of phenolic OH excluding ortho intramolecular Hbond substituents is 1. The van der Waals surface area contributed by atoms with Crippen molar-refractivity contribution >= 4 is 11.4 Å². The molecule has 0 saturated heterocycles. The number of nitrogens with one attached hydrogen (secondary N) is 2. The maximum atomic E-state index is 10.9. The van der Waals surface area contributed by atoms with Crippen molar-refractivity contribution in [3.8, 4) is 5.75 Å². The van der Waals surface area contributed by atoms with Gasteiger partial charge in [0.1, 0.15) is 5.75 Å². The molecule has 0 amide bonds. The fourth-order valence-corrected chi connectivity index (χ4v) is 2.74. The number of rotatable bonds is 3. The third-order valence-corrected chi connectivity index (χ3v) is 3.87. The summed E-state index contributed by atoms with van der Waals surface area (Å²) in [5.74, 6) is 0.232. The largest absolute Gasteiger partial charge is 0.507 e. The van der Waals surface area contributed by atoms with Crippen LogP contribution in [0.15, 0.2) is 42.5 Å². The van der Waals surface area contributed by atoms with E-state index in [4.69, 9.17) is 0 Å². The number of hydrogen-bond donors (Lipinski definition) is 3. The van der Waals surface area contributed by atoms with Crippen LogP contribution in [0.3, 0.4) is 0 Å². The summed E-state index contributed by atoms with van der Waals surface area (Å²) in [5.41, 5.74) is 10.3. The Hall–Kier alpha value is -2.86. The minimum absolute atomic E-state index is 0.0559. The quantitative estimate of drug-likeness (QED) is 0.599. The van der Waals surface area contributed by atoms with Gasteiger partial charge >= 0.3 is 0 Å². The van der Waals surface area contributed by atoms with Crippen LogP contribution in [0.5, 0.6) is 5.75 Å². The Morgan fingerprint density at radius 3 is 2.74 bits per heavy atom. The van der Waals surface area contributed by atoms with Crippen molar-refractivity contribution in [3.05, 3.63) is 74.8 Å². The molecule has 2 aromatic rings. The van der Waals surface area contributed by atoms with E-state index in [1.807, 2.05) is 38.1 Å². The Morgan fingerprint density at radius 1 is 1.22 bits per heavy atom. The van der Waals surface area contributed by atoms with Gasteiger partial charge < -0.3 is 10.5 Å². The van der Waals surface area contributed by atoms with Crippen LogP contribution in [0.1, 0.15) is 28.3 Å². The van der Waals surface area contributed by atoms with Crippen LogP contribution in [-0.2, 0) is 0 Å². The van der Waals surface area contributed by atoms with Crippen molar-refractivity contribution in [2.45, 2.75) is 19.9 Å². The molecule has 0 aliphatic carbocycles. The molecule has 0 unspecified atom stereocenters. The van der Waals surface area contributed by atoms with Crippen molar-refractivity contribution < 1.29 is 10.0 Å². The topological polar surface area (TPSA) is 87.4 Å². The number of phenols is 1. The highest BCUT2D eigenvalue weighted by atomic mass is 16.6. The maximum Gasteiger partial charge on any atom is 0.269 e. The minimum Gasteiger partial charge on any atom is -0.507 e. The van der Waals surface area contributed by atoms with Gasteiger partial charge in [-0.15, -0.1) is 0 Å². The molecule has 6 nitrogen and oxygen atoms in total. The van der Waals surface area contributed by atoms with Gasteiger partial charge in [0.25, 0.3) is 5.69 Å². The number of nitrogens with zero attached hydrogens (tertiary/aromatic N) is 1. The van der Waals surface area contributed by atoms with E-state index in [0.29, 0.717) is 5.56 Å². The third kappa shape index (κ3) is 2.89. The Bertz CT molecular complexity index is 815. The average molecular weight is 311 g/mol. The van der Waals surface area contributed by atoms with E-state index in [9.17, 15) is 15.2 Å². The molecule has 0 spiro atoms. The van der Waals surface area contributed by atoms with Gasteiger partial charge in [0.15, 0.2) is 0 Å². The summed E-state index contributed by atoms with van der Waals surface area (Å²) in [7, 11) is 0. The molecule has 0 radical (unpaired) electrons. The van der Waals surface area contributed by atoms with E-state index in [1.54, 1.807) is 12.1 Å². The normalized spacial score (nSPS) is 16.8. The summed E-state index contributed by atoms with van der Waals surface area (Å²) in [6.07, 6.45) is 1.91. The van der Waals surface area contributed by atoms with Crippen molar-refractivity contribution in [2.75, 3.05) is 0 Å². The second-order valence-electron chi connectivity index (χ2n) is 5.66. The standard InChI is InChI=1S/C17H17N3O3/c1-10-6-11(2)17(21)14(7-10)16-9-15(18-19-16)12-4-3-5-13(8-12)20(22)23/h3-9,15,18-19,21H,1-2H3/t15-/m0/s1. The lowest BCUT2D eigenvalue weighted by Gasteiger charge is -2.11. The van der Waals surface area contributed by atoms with Gasteiger partial charge in [-0.3, -0.25) is 10.1 Å². The molecular formula is C17H17N3O3. The number of hydrogen-bond acceptors (Lipinski definition) is 5. The first kappa shape index (κ1) is 15.1. The van der Waals surface area contributed by atoms with E-state index in [2.05, 4.69) is 10.9 Å². The zero-order valence-corrected chi connectivity index (χ0v) is 12.8. The van der Waals surface area contributed by atoms with E-state index >= 15 is 0 Å². The SMILES string of the molecule is Cc1cc(C)c(O)c(C2=C[C@@H](c3cccc([N+](=O)[O-])c3)NN2)c1. The van der Waals surface area contributed by atoms with Gasteiger partial charge in [0.2, 0.25) is 0 Å². The predicted molar refractivity (Wildman–Crippen MR) is 87.7 cm³/mol. The highest BCUT2D eigenvalue weighted by Gasteiger charge is 2.21. The van der Waals surface area contributed by atoms with E-state index in [1.165, 1.54) is 6.07 Å². The zero-order valence-electron chi connectivity index (χ0n) is 12.8. The summed E-state index contributed by atoms with van der Waals surface area (Å²) >= 11 is 0. The number of aromatic hydroxyl groups is 1. The highest BCUT2D eigenvalue weighted by molar-refractivity contribution is 5.72. The predicted octanol–water partition coefficient (Wildman–Crippen LogP) is 3.11. The van der Waals surface area contributed by atoms with Crippen LogP contribution < -0.4 is 10.9 Å². The third-order valence-electron chi connectivity index (χ3n) is 3.87. The number of benzene rings is 2. The van der Waals surface area contributed by atoms with Gasteiger partial charge in [0.05, 0.1) is 16.7 Å². The second kappa shape index (κ2) is 5.73. The van der Waals surface area contributed by atoms with Crippen LogP contribution in [0.4, 0.5) is 5.69 Å². The molecule has 1 aliphatic heterocycles. The van der Waals surface area contributed by atoms with Gasteiger partial charge in [-0.2, -0.15) is 0 Å². The van der Waals surface area contributed by atoms with Crippen LogP contribution in [-0.4, -0.2) is 10.0 Å². The fraction of sp³-hybridized carbons (Fsp3) is 0.176. The average Bonchev–Trinajstić information content (AvgIpc) is 3.00. The molecule has 0 saturated carbocycles. The molecule has 118 valence electrons. The van der Waals surface area contributed by atoms with E-state index in [-0.39, 0.29) is 17.5 Å². The van der Waals surface area contributed by atoms with Crippen LogP contribution >= 0.6 is 0 Å². The molecule has 0 fully saturated rings. The molecule has 1 heterocycles. The van der Waals surface area contributed by atoms with Gasteiger partial charge in [-0.05, 0) is 42.7 Å². The first-order valence-corrected chi connectivity index (χ1v) is 7.24. The lowest BCUT2D eigenvalue weighted by molar-refractivity contribution is -0.384.